The van der Waals surface area contributed by atoms with Crippen molar-refractivity contribution in [3.8, 4) is 11.5 Å². The fourth-order valence-electron chi connectivity index (χ4n) is 3.58. The molecule has 0 saturated heterocycles. The Bertz CT molecular complexity index is 1430. The molecule has 1 aromatic heterocycles. The quantitative estimate of drug-likeness (QED) is 0.458. The van der Waals surface area contributed by atoms with E-state index in [-0.39, 0.29) is 24.9 Å². The Morgan fingerprint density at radius 3 is 2.64 bits per heavy atom. The Morgan fingerprint density at radius 2 is 1.89 bits per heavy atom. The first-order valence-corrected chi connectivity index (χ1v) is 12.2. The number of thiazole rings is 1. The predicted octanol–water partition coefficient (Wildman–Crippen LogP) is 1.35. The van der Waals surface area contributed by atoms with Gasteiger partial charge in [-0.1, -0.05) is 18.2 Å². The molecule has 1 N–H and O–H groups in total. The third-order valence-corrected chi connectivity index (χ3v) is 6.34. The summed E-state index contributed by atoms with van der Waals surface area (Å²) in [4.78, 5) is 37.9. The van der Waals surface area contributed by atoms with Crippen LogP contribution in [-0.4, -0.2) is 42.8 Å². The van der Waals surface area contributed by atoms with Crippen LogP contribution in [0.15, 0.2) is 47.3 Å². The highest BCUT2D eigenvalue weighted by Crippen LogP contribution is 2.30. The van der Waals surface area contributed by atoms with E-state index in [1.54, 1.807) is 43.3 Å². The second kappa shape index (κ2) is 11.7. The Hall–Kier alpha value is -3.92. The van der Waals surface area contributed by atoms with E-state index in [0.717, 1.165) is 22.5 Å². The number of amides is 1. The van der Waals surface area contributed by atoms with Crippen LogP contribution in [0.2, 0.25) is 0 Å². The number of ether oxygens (including phenoxy) is 3. The monoisotopic (exact) mass is 512 g/mol. The molecule has 0 atom stereocenters. The molecular formula is C26H25FN2O6S. The SMILES string of the molecule is CCOC(=O)/C=c1\s/c(=C\c2ccc3c(c2)OCCO3)c(=O)n1CC(=O)NCCc1ccc(F)cc1. The summed E-state index contributed by atoms with van der Waals surface area (Å²) in [6.45, 7) is 2.84. The predicted molar refractivity (Wildman–Crippen MR) is 133 cm³/mol. The summed E-state index contributed by atoms with van der Waals surface area (Å²) >= 11 is 1.09. The Kier molecular flexibility index (Phi) is 8.17. The van der Waals surface area contributed by atoms with E-state index >= 15 is 0 Å². The molecule has 0 spiro atoms. The van der Waals surface area contributed by atoms with Crippen LogP contribution in [-0.2, 0) is 27.3 Å². The van der Waals surface area contributed by atoms with Crippen molar-refractivity contribution in [1.29, 1.82) is 0 Å². The zero-order valence-corrected chi connectivity index (χ0v) is 20.4. The zero-order chi connectivity index (χ0) is 25.5. The molecule has 3 aromatic rings. The molecule has 36 heavy (non-hydrogen) atoms. The van der Waals surface area contributed by atoms with Crippen LogP contribution < -0.4 is 29.5 Å². The Balaban J connectivity index is 1.57. The van der Waals surface area contributed by atoms with Crippen LogP contribution >= 0.6 is 11.3 Å². The third kappa shape index (κ3) is 6.39. The lowest BCUT2D eigenvalue weighted by atomic mass is 10.1. The van der Waals surface area contributed by atoms with Crippen LogP contribution in [0.4, 0.5) is 4.39 Å². The molecule has 4 rings (SSSR count). The summed E-state index contributed by atoms with van der Waals surface area (Å²) in [7, 11) is 0. The van der Waals surface area contributed by atoms with Crippen molar-refractivity contribution in [2.45, 2.75) is 19.9 Å². The van der Waals surface area contributed by atoms with Crippen LogP contribution in [0.1, 0.15) is 18.1 Å². The van der Waals surface area contributed by atoms with Gasteiger partial charge in [-0.3, -0.25) is 14.2 Å². The molecule has 8 nitrogen and oxygen atoms in total. The number of benzene rings is 2. The Labute approximate surface area is 210 Å². The van der Waals surface area contributed by atoms with E-state index in [1.165, 1.54) is 22.8 Å². The number of halogens is 1. The molecule has 0 saturated carbocycles. The lowest BCUT2D eigenvalue weighted by Gasteiger charge is -2.18. The first kappa shape index (κ1) is 25.2. The summed E-state index contributed by atoms with van der Waals surface area (Å²) < 4.78 is 31.1. The molecule has 188 valence electrons. The standard InChI is InChI=1S/C26H25FN2O6S/c1-2-33-25(31)15-24-29(16-23(30)28-10-9-17-3-6-19(27)7-4-17)26(32)22(36-24)14-18-5-8-20-21(13-18)35-12-11-34-20/h3-8,13-15H,2,9-12,16H2,1H3,(H,28,30)/b22-14-,24-15-. The zero-order valence-electron chi connectivity index (χ0n) is 19.6. The van der Waals surface area contributed by atoms with Gasteiger partial charge in [-0.25, -0.2) is 9.18 Å². The number of hydrogen-bond acceptors (Lipinski definition) is 7. The highest BCUT2D eigenvalue weighted by atomic mass is 32.1. The van der Waals surface area contributed by atoms with E-state index in [2.05, 4.69) is 5.32 Å². The topological polar surface area (TPSA) is 95.9 Å². The number of carbonyl (C=O) groups is 2. The van der Waals surface area contributed by atoms with Crippen LogP contribution in [0.5, 0.6) is 11.5 Å². The summed E-state index contributed by atoms with van der Waals surface area (Å²) in [5.41, 5.74) is 1.19. The van der Waals surface area contributed by atoms with Crippen molar-refractivity contribution >= 4 is 35.4 Å². The molecule has 2 aromatic carbocycles. The smallest absolute Gasteiger partial charge is 0.333 e. The highest BCUT2D eigenvalue weighted by molar-refractivity contribution is 7.07. The minimum Gasteiger partial charge on any atom is -0.486 e. The number of rotatable bonds is 8. The van der Waals surface area contributed by atoms with Crippen LogP contribution in [0.25, 0.3) is 12.2 Å². The molecule has 0 aliphatic carbocycles. The van der Waals surface area contributed by atoms with E-state index in [1.807, 2.05) is 0 Å². The average Bonchev–Trinajstić information content (AvgIpc) is 3.14. The normalized spacial score (nSPS) is 13.5. The van der Waals surface area contributed by atoms with Gasteiger partial charge in [-0.05, 0) is 54.8 Å². The minimum absolute atomic E-state index is 0.186. The number of esters is 1. The maximum Gasteiger partial charge on any atom is 0.333 e. The molecule has 0 fully saturated rings. The number of hydrogen-bond donors (Lipinski definition) is 1. The molecule has 0 bridgehead atoms. The molecule has 10 heteroatoms. The van der Waals surface area contributed by atoms with Gasteiger partial charge in [0, 0.05) is 6.54 Å². The van der Waals surface area contributed by atoms with Crippen LogP contribution in [0, 0.1) is 5.82 Å². The lowest BCUT2D eigenvalue weighted by Crippen LogP contribution is -2.38. The van der Waals surface area contributed by atoms with Crippen molar-refractivity contribution in [2.75, 3.05) is 26.4 Å². The number of fused-ring (bicyclic) bond motifs is 1. The van der Waals surface area contributed by atoms with Gasteiger partial charge in [0.15, 0.2) is 11.5 Å². The molecular weight excluding hydrogens is 487 g/mol. The largest absolute Gasteiger partial charge is 0.486 e. The first-order valence-electron chi connectivity index (χ1n) is 11.4. The second-order valence-electron chi connectivity index (χ2n) is 7.87. The van der Waals surface area contributed by atoms with Gasteiger partial charge < -0.3 is 19.5 Å². The number of nitrogens with zero attached hydrogens (tertiary/aromatic N) is 1. The second-order valence-corrected chi connectivity index (χ2v) is 8.93. The van der Waals surface area contributed by atoms with Gasteiger partial charge in [-0.15, -0.1) is 11.3 Å². The molecule has 1 aliphatic rings. The number of aromatic nitrogens is 1. The summed E-state index contributed by atoms with van der Waals surface area (Å²) in [6, 6.07) is 11.4. The van der Waals surface area contributed by atoms with Crippen molar-refractivity contribution in [3.63, 3.8) is 0 Å². The van der Waals surface area contributed by atoms with Crippen molar-refractivity contribution < 1.29 is 28.2 Å². The molecule has 0 radical (unpaired) electrons. The maximum absolute atomic E-state index is 13.2. The van der Waals surface area contributed by atoms with Gasteiger partial charge in [0.1, 0.15) is 30.2 Å². The summed E-state index contributed by atoms with van der Waals surface area (Å²) in [5, 5.41) is 2.76. The van der Waals surface area contributed by atoms with Gasteiger partial charge >= 0.3 is 5.97 Å². The first-order chi connectivity index (χ1) is 17.4. The third-order valence-electron chi connectivity index (χ3n) is 5.28. The molecule has 0 unspecified atom stereocenters. The van der Waals surface area contributed by atoms with Gasteiger partial charge in [0.05, 0.1) is 17.2 Å². The molecule has 2 heterocycles. The van der Waals surface area contributed by atoms with Crippen LogP contribution in [0.3, 0.4) is 0 Å². The molecule has 1 amide bonds. The van der Waals surface area contributed by atoms with E-state index in [4.69, 9.17) is 14.2 Å². The van der Waals surface area contributed by atoms with Crippen molar-refractivity contribution in [2.24, 2.45) is 0 Å². The van der Waals surface area contributed by atoms with E-state index in [9.17, 15) is 18.8 Å². The minimum atomic E-state index is -0.602. The fraction of sp³-hybridized carbons (Fsp3) is 0.269. The van der Waals surface area contributed by atoms with Gasteiger partial charge in [-0.2, -0.15) is 0 Å². The summed E-state index contributed by atoms with van der Waals surface area (Å²) in [6.07, 6.45) is 3.40. The lowest BCUT2D eigenvalue weighted by molar-refractivity contribution is -0.135. The fourth-order valence-corrected chi connectivity index (χ4v) is 4.61. The molecule has 1 aliphatic heterocycles. The van der Waals surface area contributed by atoms with Gasteiger partial charge in [0.25, 0.3) is 5.56 Å². The Morgan fingerprint density at radius 1 is 1.14 bits per heavy atom. The van der Waals surface area contributed by atoms with Crippen molar-refractivity contribution in [3.05, 3.63) is 79.0 Å². The van der Waals surface area contributed by atoms with E-state index in [0.29, 0.717) is 46.9 Å². The van der Waals surface area contributed by atoms with E-state index < -0.39 is 11.5 Å². The number of carbonyl (C=O) groups excluding carboxylic acids is 2. The maximum atomic E-state index is 13.2. The van der Waals surface area contributed by atoms with Crippen molar-refractivity contribution in [1.82, 2.24) is 9.88 Å². The average molecular weight is 513 g/mol. The summed E-state index contributed by atoms with van der Waals surface area (Å²) in [5.74, 6) is -0.0910. The van der Waals surface area contributed by atoms with Gasteiger partial charge in [0.2, 0.25) is 5.91 Å². The highest BCUT2D eigenvalue weighted by Gasteiger charge is 2.13. The number of nitrogens with one attached hydrogen (secondary N) is 1.